The lowest BCUT2D eigenvalue weighted by Crippen LogP contribution is -2.39. The second kappa shape index (κ2) is 2.79. The molecule has 0 spiro atoms. The summed E-state index contributed by atoms with van der Waals surface area (Å²) < 4.78 is 24.4. The highest BCUT2D eigenvalue weighted by Gasteiger charge is 2.30. The van der Waals surface area contributed by atoms with E-state index in [-0.39, 0.29) is 0 Å². The molecule has 0 bridgehead atoms. The van der Waals surface area contributed by atoms with E-state index in [1.807, 2.05) is 5.92 Å². The molecule has 9 heavy (non-hydrogen) atoms. The normalized spacial score (nSPS) is 14.6. The van der Waals surface area contributed by atoms with Crippen LogP contribution in [0.3, 0.4) is 0 Å². The Morgan fingerprint density at radius 1 is 1.67 bits per heavy atom. The number of nitrogens with one attached hydrogen (secondary N) is 1. The minimum atomic E-state index is -2.83. The van der Waals surface area contributed by atoms with Gasteiger partial charge in [0, 0.05) is 6.92 Å². The summed E-state index contributed by atoms with van der Waals surface area (Å²) in [6.07, 6.45) is 4.78. The molecule has 3 heteroatoms. The Morgan fingerprint density at radius 3 is 2.11 bits per heavy atom. The van der Waals surface area contributed by atoms with Crippen LogP contribution in [0.1, 0.15) is 6.92 Å². The molecule has 0 aliphatic carbocycles. The molecule has 0 fully saturated rings. The minimum Gasteiger partial charge on any atom is -0.302 e. The maximum Gasteiger partial charge on any atom is 0.271 e. The highest BCUT2D eigenvalue weighted by Crippen LogP contribution is 2.15. The van der Waals surface area contributed by atoms with E-state index in [0.717, 1.165) is 6.92 Å². The zero-order valence-electron chi connectivity index (χ0n) is 5.41. The van der Waals surface area contributed by atoms with Crippen molar-refractivity contribution in [1.82, 2.24) is 5.32 Å². The molecule has 0 aromatic carbocycles. The first-order valence-electron chi connectivity index (χ1n) is 2.53. The van der Waals surface area contributed by atoms with Crippen LogP contribution >= 0.6 is 0 Å². The number of hydrogen-bond acceptors (Lipinski definition) is 1. The zero-order chi connectivity index (χ0) is 7.49. The van der Waals surface area contributed by atoms with E-state index in [1.54, 1.807) is 0 Å². The third-order valence-electron chi connectivity index (χ3n) is 0.962. The maximum atomic E-state index is 12.2. The molecule has 1 N–H and O–H groups in total. The number of terminal acetylenes is 1. The fourth-order valence-corrected chi connectivity index (χ4v) is 0.483. The van der Waals surface area contributed by atoms with Gasteiger partial charge in [-0.2, -0.15) is 0 Å². The van der Waals surface area contributed by atoms with Gasteiger partial charge in [-0.3, -0.25) is 0 Å². The second-order valence-corrected chi connectivity index (χ2v) is 1.84. The second-order valence-electron chi connectivity index (χ2n) is 1.84. The molecule has 0 aliphatic rings. The Balaban J connectivity index is 4.00. The Hall–Kier alpha value is -0.620. The molecule has 0 aromatic rings. The van der Waals surface area contributed by atoms with Crippen LogP contribution in [0.15, 0.2) is 0 Å². The lowest BCUT2D eigenvalue weighted by molar-refractivity contribution is 0.00289. The van der Waals surface area contributed by atoms with Gasteiger partial charge in [-0.25, -0.2) is 8.78 Å². The molecule has 52 valence electrons. The van der Waals surface area contributed by atoms with E-state index in [2.05, 4.69) is 5.32 Å². The predicted octanol–water partition coefficient (Wildman–Crippen LogP) is 0.863. The summed E-state index contributed by atoms with van der Waals surface area (Å²) in [5, 5.41) is 2.31. The third kappa shape index (κ3) is 2.43. The summed E-state index contributed by atoms with van der Waals surface area (Å²) in [6, 6.07) is -1.16. The van der Waals surface area contributed by atoms with Crippen LogP contribution in [0.25, 0.3) is 0 Å². The van der Waals surface area contributed by atoms with Crippen molar-refractivity contribution in [3.05, 3.63) is 0 Å². The van der Waals surface area contributed by atoms with Gasteiger partial charge < -0.3 is 5.32 Å². The average molecular weight is 133 g/mol. The van der Waals surface area contributed by atoms with Gasteiger partial charge in [0.05, 0.1) is 0 Å². The van der Waals surface area contributed by atoms with Gasteiger partial charge in [0.2, 0.25) is 0 Å². The summed E-state index contributed by atoms with van der Waals surface area (Å²) in [6.45, 7) is 0.786. The quantitative estimate of drug-likeness (QED) is 0.551. The molecular formula is C6H9F2N. The van der Waals surface area contributed by atoms with Gasteiger partial charge in [-0.05, 0) is 7.05 Å². The van der Waals surface area contributed by atoms with Gasteiger partial charge in [-0.1, -0.05) is 5.92 Å². The molecule has 1 atom stereocenters. The molecule has 0 aliphatic heterocycles. The van der Waals surface area contributed by atoms with Gasteiger partial charge in [-0.15, -0.1) is 6.42 Å². The summed E-state index contributed by atoms with van der Waals surface area (Å²) in [5.74, 6) is -0.899. The molecule has 1 nitrogen and oxygen atoms in total. The fourth-order valence-electron chi connectivity index (χ4n) is 0.483. The number of alkyl halides is 2. The summed E-state index contributed by atoms with van der Waals surface area (Å²) in [4.78, 5) is 0. The molecule has 0 saturated carbocycles. The van der Waals surface area contributed by atoms with Crippen LogP contribution in [-0.2, 0) is 0 Å². The van der Waals surface area contributed by atoms with Crippen molar-refractivity contribution in [2.45, 2.75) is 18.9 Å². The minimum absolute atomic E-state index is 0.786. The smallest absolute Gasteiger partial charge is 0.271 e. The van der Waals surface area contributed by atoms with Crippen LogP contribution in [0, 0.1) is 12.3 Å². The maximum absolute atomic E-state index is 12.2. The zero-order valence-corrected chi connectivity index (χ0v) is 5.41. The highest BCUT2D eigenvalue weighted by atomic mass is 19.3. The summed E-state index contributed by atoms with van der Waals surface area (Å²) in [7, 11) is 1.40. The van der Waals surface area contributed by atoms with Crippen molar-refractivity contribution in [2.75, 3.05) is 7.05 Å². The Bertz CT molecular complexity index is 120. The van der Waals surface area contributed by atoms with Crippen LogP contribution in [-0.4, -0.2) is 19.0 Å². The highest BCUT2D eigenvalue weighted by molar-refractivity contribution is 5.04. The van der Waals surface area contributed by atoms with E-state index in [9.17, 15) is 8.78 Å². The van der Waals surface area contributed by atoms with Crippen molar-refractivity contribution in [1.29, 1.82) is 0 Å². The lowest BCUT2D eigenvalue weighted by atomic mass is 10.2. The van der Waals surface area contributed by atoms with Crippen molar-refractivity contribution in [3.8, 4) is 12.3 Å². The molecule has 0 saturated heterocycles. The molecule has 0 amide bonds. The first-order chi connectivity index (χ1) is 4.02. The largest absolute Gasteiger partial charge is 0.302 e. The number of hydrogen-bond donors (Lipinski definition) is 1. The SMILES string of the molecule is C#CC(NC)C(C)(F)F. The van der Waals surface area contributed by atoms with Crippen LogP contribution in [0.4, 0.5) is 8.78 Å². The van der Waals surface area contributed by atoms with Gasteiger partial charge in [0.25, 0.3) is 5.92 Å². The average Bonchev–Trinajstić information content (AvgIpc) is 1.65. The Morgan fingerprint density at radius 2 is 2.11 bits per heavy atom. The van der Waals surface area contributed by atoms with Crippen molar-refractivity contribution < 1.29 is 8.78 Å². The van der Waals surface area contributed by atoms with Crippen LogP contribution < -0.4 is 5.32 Å². The summed E-state index contributed by atoms with van der Waals surface area (Å²) >= 11 is 0. The molecule has 0 heterocycles. The van der Waals surface area contributed by atoms with E-state index < -0.39 is 12.0 Å². The lowest BCUT2D eigenvalue weighted by Gasteiger charge is -2.16. The molecule has 0 rings (SSSR count). The van der Waals surface area contributed by atoms with E-state index in [1.165, 1.54) is 7.05 Å². The van der Waals surface area contributed by atoms with Crippen LogP contribution in [0.5, 0.6) is 0 Å². The third-order valence-corrected chi connectivity index (χ3v) is 0.962. The van der Waals surface area contributed by atoms with Gasteiger partial charge in [0.15, 0.2) is 0 Å². The van der Waals surface area contributed by atoms with Crippen LogP contribution in [0.2, 0.25) is 0 Å². The molecular weight excluding hydrogens is 124 g/mol. The van der Waals surface area contributed by atoms with Crippen molar-refractivity contribution in [2.24, 2.45) is 0 Å². The first-order valence-corrected chi connectivity index (χ1v) is 2.53. The van der Waals surface area contributed by atoms with E-state index >= 15 is 0 Å². The topological polar surface area (TPSA) is 12.0 Å². The molecule has 0 radical (unpaired) electrons. The molecule has 0 aromatic heterocycles. The Labute approximate surface area is 53.4 Å². The van der Waals surface area contributed by atoms with Gasteiger partial charge in [0.1, 0.15) is 6.04 Å². The first kappa shape index (κ1) is 8.38. The van der Waals surface area contributed by atoms with E-state index in [4.69, 9.17) is 6.42 Å². The monoisotopic (exact) mass is 133 g/mol. The Kier molecular flexibility index (Phi) is 2.60. The van der Waals surface area contributed by atoms with E-state index in [0.29, 0.717) is 0 Å². The van der Waals surface area contributed by atoms with Crippen molar-refractivity contribution >= 4 is 0 Å². The standard InChI is InChI=1S/C6H9F2N/c1-4-5(9-3)6(2,7)8/h1,5,9H,2-3H3. The van der Waals surface area contributed by atoms with Crippen molar-refractivity contribution in [3.63, 3.8) is 0 Å². The van der Waals surface area contributed by atoms with Gasteiger partial charge >= 0.3 is 0 Å². The number of rotatable bonds is 2. The molecule has 1 unspecified atom stereocenters. The fraction of sp³-hybridized carbons (Fsp3) is 0.667. The summed E-state index contributed by atoms with van der Waals surface area (Å²) in [5.41, 5.74) is 0. The predicted molar refractivity (Wildman–Crippen MR) is 32.3 cm³/mol. The number of halogens is 2.